The first kappa shape index (κ1) is 8.89. The molecule has 5 heteroatoms. The van der Waals surface area contributed by atoms with Gasteiger partial charge in [-0.1, -0.05) is 0 Å². The van der Waals surface area contributed by atoms with E-state index in [1.165, 1.54) is 0 Å². The van der Waals surface area contributed by atoms with Gasteiger partial charge in [0, 0.05) is 0 Å². The first-order valence-electron chi connectivity index (χ1n) is 0.463. The summed E-state index contributed by atoms with van der Waals surface area (Å²) in [6.07, 6.45) is 0. The zero-order valence-corrected chi connectivity index (χ0v) is 4.73. The molecule has 0 aliphatic rings. The predicted molar refractivity (Wildman–Crippen MR) is 4.56 cm³/mol. The van der Waals surface area contributed by atoms with Gasteiger partial charge in [-0.3, -0.25) is 4.70 Å². The second-order valence-electron chi connectivity index (χ2n) is 0.189. The van der Waals surface area contributed by atoms with Crippen LogP contribution in [-0.4, -0.2) is 0 Å². The van der Waals surface area contributed by atoms with E-state index in [9.17, 15) is 0 Å². The summed E-state index contributed by atoms with van der Waals surface area (Å²) in [6.45, 7) is 0. The van der Waals surface area contributed by atoms with Crippen LogP contribution in [-0.2, 0) is 27.0 Å². The van der Waals surface area contributed by atoms with E-state index in [1.54, 1.807) is 0 Å². The number of halogens is 1. The van der Waals surface area contributed by atoms with Gasteiger partial charge in [-0.2, -0.15) is 0 Å². The zero-order valence-electron chi connectivity index (χ0n) is 2.01. The standard InChI is InChI=1S/FH.3O.Re/h1H;;;;. The Hall–Kier alpha value is -0.00766. The summed E-state index contributed by atoms with van der Waals surface area (Å²) in [5.41, 5.74) is 0. The van der Waals surface area contributed by atoms with Gasteiger partial charge >= 0.3 is 27.0 Å². The van der Waals surface area contributed by atoms with Crippen molar-refractivity contribution in [3.8, 4) is 0 Å². The molecule has 0 radical (unpaired) electrons. The predicted octanol–water partition coefficient (Wildman–Crippen LogP) is -0.206. The van der Waals surface area contributed by atoms with Crippen molar-refractivity contribution >= 4 is 0 Å². The maximum absolute atomic E-state index is 8.60. The van der Waals surface area contributed by atoms with Gasteiger partial charge in [-0.15, -0.1) is 0 Å². The Morgan fingerprint density at radius 3 is 1.00 bits per heavy atom. The van der Waals surface area contributed by atoms with Crippen molar-refractivity contribution in [2.75, 3.05) is 0 Å². The summed E-state index contributed by atoms with van der Waals surface area (Å²) < 4.78 is 25.8. The van der Waals surface area contributed by atoms with Crippen molar-refractivity contribution in [3.05, 3.63) is 0 Å². The number of hydrogen-bond acceptors (Lipinski definition) is 3. The van der Waals surface area contributed by atoms with Gasteiger partial charge in [0.1, 0.15) is 0 Å². The summed E-state index contributed by atoms with van der Waals surface area (Å²) in [4.78, 5) is 0. The van der Waals surface area contributed by atoms with Gasteiger partial charge < -0.3 is 0 Å². The normalized spacial score (nSPS) is 4.80. The van der Waals surface area contributed by atoms with Crippen LogP contribution in [0, 0.1) is 0 Å². The van der Waals surface area contributed by atoms with Gasteiger partial charge in [-0.25, -0.2) is 0 Å². The van der Waals surface area contributed by atoms with Gasteiger partial charge in [0.25, 0.3) is 0 Å². The van der Waals surface area contributed by atoms with Crippen molar-refractivity contribution < 1.29 is 31.7 Å². The quantitative estimate of drug-likeness (QED) is 0.601. The molecule has 0 aromatic carbocycles. The van der Waals surface area contributed by atoms with Crippen molar-refractivity contribution in [1.82, 2.24) is 0 Å². The summed E-state index contributed by atoms with van der Waals surface area (Å²) >= 11 is -4.21. The SMILES string of the molecule is F.[O]=[Re](=[O])=[O]. The molecule has 0 heterocycles. The second-order valence-corrected chi connectivity index (χ2v) is 1.55. The van der Waals surface area contributed by atoms with Crippen LogP contribution in [0.1, 0.15) is 0 Å². The molecular weight excluding hydrogens is 253 g/mol. The molecule has 0 amide bonds. The van der Waals surface area contributed by atoms with Gasteiger partial charge in [0.2, 0.25) is 0 Å². The second kappa shape index (κ2) is 3.99. The fourth-order valence-corrected chi connectivity index (χ4v) is 0. The third kappa shape index (κ3) is 270000. The van der Waals surface area contributed by atoms with E-state index in [-0.39, 0.29) is 4.70 Å². The average molecular weight is 254 g/mol. The van der Waals surface area contributed by atoms with E-state index in [0.29, 0.717) is 0 Å². The first-order valence-corrected chi connectivity index (χ1v) is 3.79. The molecule has 0 fully saturated rings. The van der Waals surface area contributed by atoms with Crippen molar-refractivity contribution in [2.45, 2.75) is 0 Å². The van der Waals surface area contributed by atoms with Crippen LogP contribution in [0.3, 0.4) is 0 Å². The minimum atomic E-state index is -4.21. The van der Waals surface area contributed by atoms with Gasteiger partial charge in [0.15, 0.2) is 0 Å². The third-order valence-corrected chi connectivity index (χ3v) is 0. The van der Waals surface area contributed by atoms with Crippen LogP contribution < -0.4 is 0 Å². The summed E-state index contributed by atoms with van der Waals surface area (Å²) in [5.74, 6) is 0. The fraction of sp³-hybridized carbons (Fsp3) is 0. The van der Waals surface area contributed by atoms with Crippen molar-refractivity contribution in [3.63, 3.8) is 0 Å². The molecule has 0 bridgehead atoms. The summed E-state index contributed by atoms with van der Waals surface area (Å²) in [6, 6.07) is 0. The molecule has 0 aliphatic carbocycles. The molecule has 0 spiro atoms. The van der Waals surface area contributed by atoms with Crippen molar-refractivity contribution in [2.24, 2.45) is 0 Å². The molecule has 0 unspecified atom stereocenters. The number of rotatable bonds is 0. The Balaban J connectivity index is 0. The van der Waals surface area contributed by atoms with E-state index < -0.39 is 16.6 Å². The Morgan fingerprint density at radius 2 is 1.00 bits per heavy atom. The zero-order chi connectivity index (χ0) is 3.58. The summed E-state index contributed by atoms with van der Waals surface area (Å²) in [7, 11) is 0. The molecule has 0 saturated heterocycles. The Labute approximate surface area is 32.5 Å². The van der Waals surface area contributed by atoms with Gasteiger partial charge in [-0.05, 0) is 0 Å². The minimum absolute atomic E-state index is 0. The van der Waals surface area contributed by atoms with Crippen LogP contribution in [0.5, 0.6) is 0 Å². The third-order valence-electron chi connectivity index (χ3n) is 0. The molecular formula is HFO3Re. The van der Waals surface area contributed by atoms with Crippen LogP contribution in [0.4, 0.5) is 4.70 Å². The molecule has 3 nitrogen and oxygen atoms in total. The van der Waals surface area contributed by atoms with E-state index in [0.717, 1.165) is 0 Å². The van der Waals surface area contributed by atoms with Crippen LogP contribution in [0.25, 0.3) is 0 Å². The monoisotopic (exact) mass is 255 g/mol. The van der Waals surface area contributed by atoms with E-state index in [4.69, 9.17) is 10.4 Å². The molecule has 5 heavy (non-hydrogen) atoms. The topological polar surface area (TPSA) is 51.2 Å². The molecule has 0 aromatic heterocycles. The van der Waals surface area contributed by atoms with Gasteiger partial charge in [0.05, 0.1) is 0 Å². The number of hydrogen-bond donors (Lipinski definition) is 0. The molecule has 33 valence electrons. The first-order chi connectivity index (χ1) is 1.73. The molecule has 0 saturated carbocycles. The van der Waals surface area contributed by atoms with Crippen LogP contribution in [0.15, 0.2) is 0 Å². The van der Waals surface area contributed by atoms with Crippen molar-refractivity contribution in [1.29, 1.82) is 0 Å². The molecule has 0 rings (SSSR count). The van der Waals surface area contributed by atoms with E-state index in [2.05, 4.69) is 0 Å². The maximum atomic E-state index is 8.60. The molecule has 0 aliphatic heterocycles. The van der Waals surface area contributed by atoms with Crippen LogP contribution >= 0.6 is 0 Å². The molecule has 0 aromatic rings. The Morgan fingerprint density at radius 1 is 1.00 bits per heavy atom. The fourth-order valence-electron chi connectivity index (χ4n) is 0. The molecule has 0 N–H and O–H groups in total. The average Bonchev–Trinajstić information content (AvgIpc) is 0.811. The Bertz CT molecular complexity index is 76.3. The Kier molecular flexibility index (Phi) is 7.10. The van der Waals surface area contributed by atoms with Crippen LogP contribution in [0.2, 0.25) is 0 Å². The molecule has 0 atom stereocenters. The van der Waals surface area contributed by atoms with E-state index in [1.807, 2.05) is 0 Å². The summed E-state index contributed by atoms with van der Waals surface area (Å²) in [5, 5.41) is 0. The van der Waals surface area contributed by atoms with E-state index >= 15 is 0 Å².